The number of amidine groups is 1. The van der Waals surface area contributed by atoms with Crippen LogP contribution in [0.5, 0.6) is 5.75 Å². The van der Waals surface area contributed by atoms with Crippen molar-refractivity contribution in [3.8, 4) is 5.75 Å². The summed E-state index contributed by atoms with van der Waals surface area (Å²) in [4.78, 5) is 0. The van der Waals surface area contributed by atoms with E-state index >= 15 is 0 Å². The van der Waals surface area contributed by atoms with E-state index in [1.807, 2.05) is 31.2 Å². The van der Waals surface area contributed by atoms with E-state index in [0.717, 1.165) is 17.9 Å². The minimum absolute atomic E-state index is 0.00519. The molecule has 0 fully saturated rings. The predicted octanol–water partition coefficient (Wildman–Crippen LogP) is 1.17. The van der Waals surface area contributed by atoms with Crippen LogP contribution in [0.15, 0.2) is 29.4 Å². The standard InChI is InChI=1S/C12H19N3O2/c1-9(12(13)15-16)7-14-8-10-4-3-5-11(6-10)17-2/h3-6,9,14,16H,7-8H2,1-2H3,(H2,13,15). The molecule has 0 heterocycles. The summed E-state index contributed by atoms with van der Waals surface area (Å²) < 4.78 is 5.14. The van der Waals surface area contributed by atoms with Gasteiger partial charge in [-0.1, -0.05) is 24.2 Å². The number of nitrogens with one attached hydrogen (secondary N) is 1. The topological polar surface area (TPSA) is 79.9 Å². The molecule has 5 heteroatoms. The summed E-state index contributed by atoms with van der Waals surface area (Å²) in [6.07, 6.45) is 0. The van der Waals surface area contributed by atoms with E-state index in [-0.39, 0.29) is 11.8 Å². The zero-order chi connectivity index (χ0) is 12.7. The molecule has 1 unspecified atom stereocenters. The van der Waals surface area contributed by atoms with Crippen LogP contribution in [0.2, 0.25) is 0 Å². The lowest BCUT2D eigenvalue weighted by Gasteiger charge is -2.11. The number of nitrogens with two attached hydrogens (primary N) is 1. The average Bonchev–Trinajstić information content (AvgIpc) is 2.37. The summed E-state index contributed by atoms with van der Waals surface area (Å²) >= 11 is 0. The van der Waals surface area contributed by atoms with Gasteiger partial charge in [0.15, 0.2) is 0 Å². The van der Waals surface area contributed by atoms with Crippen molar-refractivity contribution >= 4 is 5.84 Å². The molecule has 17 heavy (non-hydrogen) atoms. The third-order valence-electron chi connectivity index (χ3n) is 2.53. The van der Waals surface area contributed by atoms with Gasteiger partial charge in [-0.3, -0.25) is 0 Å². The molecule has 0 bridgehead atoms. The monoisotopic (exact) mass is 237 g/mol. The molecule has 0 spiro atoms. The molecule has 1 atom stereocenters. The van der Waals surface area contributed by atoms with E-state index in [4.69, 9.17) is 15.7 Å². The van der Waals surface area contributed by atoms with Crippen molar-refractivity contribution in [3.05, 3.63) is 29.8 Å². The number of hydrogen-bond acceptors (Lipinski definition) is 4. The first-order valence-electron chi connectivity index (χ1n) is 5.48. The Hall–Kier alpha value is -1.75. The molecule has 0 saturated heterocycles. The van der Waals surface area contributed by atoms with Crippen molar-refractivity contribution < 1.29 is 9.94 Å². The zero-order valence-corrected chi connectivity index (χ0v) is 10.2. The molecule has 0 radical (unpaired) electrons. The van der Waals surface area contributed by atoms with Crippen molar-refractivity contribution in [1.29, 1.82) is 0 Å². The Bertz CT molecular complexity index is 380. The highest BCUT2D eigenvalue weighted by molar-refractivity contribution is 5.82. The molecule has 0 amide bonds. The first kappa shape index (κ1) is 13.3. The van der Waals surface area contributed by atoms with Crippen molar-refractivity contribution in [2.45, 2.75) is 13.5 Å². The zero-order valence-electron chi connectivity index (χ0n) is 10.2. The fourth-order valence-electron chi connectivity index (χ4n) is 1.42. The maximum atomic E-state index is 8.51. The molecular weight excluding hydrogens is 218 g/mol. The first-order chi connectivity index (χ1) is 8.17. The molecule has 1 aromatic rings. The number of nitrogens with zero attached hydrogens (tertiary/aromatic N) is 1. The van der Waals surface area contributed by atoms with Gasteiger partial charge in [0.05, 0.1) is 7.11 Å². The van der Waals surface area contributed by atoms with Gasteiger partial charge in [0.1, 0.15) is 11.6 Å². The molecule has 5 nitrogen and oxygen atoms in total. The summed E-state index contributed by atoms with van der Waals surface area (Å²) in [5, 5.41) is 14.7. The Morgan fingerprint density at radius 1 is 1.59 bits per heavy atom. The van der Waals surface area contributed by atoms with Crippen molar-refractivity contribution in [2.24, 2.45) is 16.8 Å². The normalized spacial score (nSPS) is 13.4. The molecule has 0 aliphatic carbocycles. The van der Waals surface area contributed by atoms with Crippen LogP contribution >= 0.6 is 0 Å². The van der Waals surface area contributed by atoms with E-state index in [9.17, 15) is 0 Å². The van der Waals surface area contributed by atoms with Crippen LogP contribution < -0.4 is 15.8 Å². The summed E-state index contributed by atoms with van der Waals surface area (Å²) in [6.45, 7) is 3.28. The van der Waals surface area contributed by atoms with Gasteiger partial charge in [0, 0.05) is 19.0 Å². The van der Waals surface area contributed by atoms with Gasteiger partial charge in [-0.05, 0) is 17.7 Å². The quantitative estimate of drug-likeness (QED) is 0.300. The fourth-order valence-corrected chi connectivity index (χ4v) is 1.42. The van der Waals surface area contributed by atoms with Crippen LogP contribution in [0, 0.1) is 5.92 Å². The maximum absolute atomic E-state index is 8.51. The Morgan fingerprint density at radius 2 is 2.35 bits per heavy atom. The largest absolute Gasteiger partial charge is 0.497 e. The Labute approximate surface area is 101 Å². The lowest BCUT2D eigenvalue weighted by molar-refractivity contribution is 0.314. The Kier molecular flexibility index (Phi) is 5.29. The molecule has 4 N–H and O–H groups in total. The number of benzene rings is 1. The smallest absolute Gasteiger partial charge is 0.143 e. The molecule has 0 saturated carbocycles. The Morgan fingerprint density at radius 3 is 3.00 bits per heavy atom. The molecule has 0 aromatic heterocycles. The van der Waals surface area contributed by atoms with Crippen LogP contribution in [-0.4, -0.2) is 24.7 Å². The minimum atomic E-state index is 0.00519. The lowest BCUT2D eigenvalue weighted by Crippen LogP contribution is -2.31. The van der Waals surface area contributed by atoms with Crippen LogP contribution in [0.4, 0.5) is 0 Å². The van der Waals surface area contributed by atoms with E-state index in [1.165, 1.54) is 0 Å². The van der Waals surface area contributed by atoms with Crippen molar-refractivity contribution in [3.63, 3.8) is 0 Å². The van der Waals surface area contributed by atoms with E-state index in [1.54, 1.807) is 7.11 Å². The average molecular weight is 237 g/mol. The SMILES string of the molecule is COc1cccc(CNCC(C)C(N)=NO)c1. The van der Waals surface area contributed by atoms with Gasteiger partial charge < -0.3 is 21.0 Å². The van der Waals surface area contributed by atoms with E-state index in [0.29, 0.717) is 6.54 Å². The van der Waals surface area contributed by atoms with Gasteiger partial charge in [-0.15, -0.1) is 0 Å². The van der Waals surface area contributed by atoms with Gasteiger partial charge in [0.25, 0.3) is 0 Å². The second-order valence-electron chi connectivity index (χ2n) is 3.91. The van der Waals surface area contributed by atoms with Gasteiger partial charge in [0.2, 0.25) is 0 Å². The molecule has 94 valence electrons. The number of rotatable bonds is 6. The summed E-state index contributed by atoms with van der Waals surface area (Å²) in [6, 6.07) is 7.84. The van der Waals surface area contributed by atoms with Gasteiger partial charge >= 0.3 is 0 Å². The predicted molar refractivity (Wildman–Crippen MR) is 67.3 cm³/mol. The summed E-state index contributed by atoms with van der Waals surface area (Å²) in [5.74, 6) is 1.09. The van der Waals surface area contributed by atoms with Crippen LogP contribution in [0.3, 0.4) is 0 Å². The van der Waals surface area contributed by atoms with Gasteiger partial charge in [-0.2, -0.15) is 0 Å². The minimum Gasteiger partial charge on any atom is -0.497 e. The van der Waals surface area contributed by atoms with E-state index < -0.39 is 0 Å². The van der Waals surface area contributed by atoms with Gasteiger partial charge in [-0.25, -0.2) is 0 Å². The molecule has 1 aromatic carbocycles. The Balaban J connectivity index is 2.40. The second kappa shape index (κ2) is 6.75. The highest BCUT2D eigenvalue weighted by Gasteiger charge is 2.06. The van der Waals surface area contributed by atoms with Crippen molar-refractivity contribution in [2.75, 3.05) is 13.7 Å². The molecule has 0 aliphatic rings. The third kappa shape index (κ3) is 4.32. The first-order valence-corrected chi connectivity index (χ1v) is 5.48. The van der Waals surface area contributed by atoms with E-state index in [2.05, 4.69) is 10.5 Å². The van der Waals surface area contributed by atoms with Crippen molar-refractivity contribution in [1.82, 2.24) is 5.32 Å². The number of methoxy groups -OCH3 is 1. The number of hydrogen-bond donors (Lipinski definition) is 3. The van der Waals surface area contributed by atoms with Crippen LogP contribution in [-0.2, 0) is 6.54 Å². The second-order valence-corrected chi connectivity index (χ2v) is 3.91. The van der Waals surface area contributed by atoms with Crippen LogP contribution in [0.1, 0.15) is 12.5 Å². The molecular formula is C12H19N3O2. The third-order valence-corrected chi connectivity index (χ3v) is 2.53. The highest BCUT2D eigenvalue weighted by Crippen LogP contribution is 2.12. The van der Waals surface area contributed by atoms with Crippen LogP contribution in [0.25, 0.3) is 0 Å². The summed E-state index contributed by atoms with van der Waals surface area (Å²) in [7, 11) is 1.65. The number of ether oxygens (including phenoxy) is 1. The molecule has 1 rings (SSSR count). The summed E-state index contributed by atoms with van der Waals surface area (Å²) in [5.41, 5.74) is 6.62. The maximum Gasteiger partial charge on any atom is 0.143 e. The lowest BCUT2D eigenvalue weighted by atomic mass is 10.1. The highest BCUT2D eigenvalue weighted by atomic mass is 16.5. The fraction of sp³-hybridized carbons (Fsp3) is 0.417. The number of oxime groups is 1. The molecule has 0 aliphatic heterocycles.